The van der Waals surface area contributed by atoms with E-state index in [1.165, 1.54) is 83.5 Å². The second-order valence-electron chi connectivity index (χ2n) is 7.43. The van der Waals surface area contributed by atoms with Gasteiger partial charge in [0, 0.05) is 0 Å². The van der Waals surface area contributed by atoms with Gasteiger partial charge in [0.05, 0.1) is 6.61 Å². The Morgan fingerprint density at radius 2 is 1.31 bits per heavy atom. The first-order chi connectivity index (χ1) is 12.9. The Labute approximate surface area is 160 Å². The average molecular weight is 363 g/mol. The van der Waals surface area contributed by atoms with Crippen LogP contribution >= 0.6 is 0 Å². The van der Waals surface area contributed by atoms with Crippen molar-refractivity contribution in [1.82, 2.24) is 0 Å². The molecule has 3 nitrogen and oxygen atoms in total. The van der Waals surface area contributed by atoms with Crippen LogP contribution in [-0.2, 0) is 0 Å². The van der Waals surface area contributed by atoms with Crippen molar-refractivity contribution in [1.29, 1.82) is 0 Å². The van der Waals surface area contributed by atoms with Crippen LogP contribution in [0.2, 0.25) is 0 Å². The van der Waals surface area contributed by atoms with Crippen LogP contribution in [0.3, 0.4) is 0 Å². The maximum absolute atomic E-state index is 5.85. The van der Waals surface area contributed by atoms with E-state index in [1.54, 1.807) is 0 Å². The molecule has 0 aliphatic carbocycles. The third-order valence-electron chi connectivity index (χ3n) is 5.12. The molecule has 2 rings (SSSR count). The number of benzene rings is 1. The number of rotatable bonds is 16. The first-order valence-electron chi connectivity index (χ1n) is 10.9. The summed E-state index contributed by atoms with van der Waals surface area (Å²) in [5.41, 5.74) is 0. The molecule has 26 heavy (non-hydrogen) atoms. The van der Waals surface area contributed by atoms with Crippen molar-refractivity contribution in [3.05, 3.63) is 18.2 Å². The molecule has 1 aliphatic heterocycles. The number of ether oxygens (including phenoxy) is 3. The van der Waals surface area contributed by atoms with Crippen LogP contribution in [0.1, 0.15) is 96.8 Å². The molecule has 0 aromatic heterocycles. The lowest BCUT2D eigenvalue weighted by atomic mass is 10.0. The van der Waals surface area contributed by atoms with E-state index in [0.29, 0.717) is 6.79 Å². The maximum Gasteiger partial charge on any atom is 0.231 e. The highest BCUT2D eigenvalue weighted by Crippen LogP contribution is 2.40. The molecule has 0 saturated carbocycles. The van der Waals surface area contributed by atoms with Gasteiger partial charge in [-0.15, -0.1) is 0 Å². The van der Waals surface area contributed by atoms with Crippen LogP contribution < -0.4 is 14.2 Å². The maximum atomic E-state index is 5.85. The third kappa shape index (κ3) is 8.33. The predicted octanol–water partition coefficient (Wildman–Crippen LogP) is 7.28. The third-order valence-corrected chi connectivity index (χ3v) is 5.12. The van der Waals surface area contributed by atoms with Crippen LogP contribution in [-0.4, -0.2) is 13.4 Å². The highest BCUT2D eigenvalue weighted by molar-refractivity contribution is 5.52. The lowest BCUT2D eigenvalue weighted by Crippen LogP contribution is -1.99. The molecular formula is C23H38O3. The molecule has 1 heterocycles. The van der Waals surface area contributed by atoms with E-state index in [0.717, 1.165) is 30.3 Å². The van der Waals surface area contributed by atoms with Crippen molar-refractivity contribution in [2.45, 2.75) is 96.8 Å². The predicted molar refractivity (Wildman–Crippen MR) is 108 cm³/mol. The number of hydrogen-bond acceptors (Lipinski definition) is 3. The number of hydrogen-bond donors (Lipinski definition) is 0. The summed E-state index contributed by atoms with van der Waals surface area (Å²) < 4.78 is 16.7. The van der Waals surface area contributed by atoms with Gasteiger partial charge in [-0.3, -0.25) is 0 Å². The van der Waals surface area contributed by atoms with Gasteiger partial charge in [-0.05, 0) is 18.6 Å². The second kappa shape index (κ2) is 13.8. The van der Waals surface area contributed by atoms with E-state index in [4.69, 9.17) is 14.2 Å². The zero-order valence-electron chi connectivity index (χ0n) is 16.8. The van der Waals surface area contributed by atoms with Crippen LogP contribution in [0, 0.1) is 0 Å². The topological polar surface area (TPSA) is 27.7 Å². The van der Waals surface area contributed by atoms with Crippen molar-refractivity contribution in [2.24, 2.45) is 0 Å². The first-order valence-corrected chi connectivity index (χ1v) is 10.9. The van der Waals surface area contributed by atoms with Crippen molar-refractivity contribution in [2.75, 3.05) is 13.4 Å². The zero-order chi connectivity index (χ0) is 18.3. The normalized spacial score (nSPS) is 12.5. The summed E-state index contributed by atoms with van der Waals surface area (Å²) in [5.74, 6) is 2.37. The molecule has 1 aromatic carbocycles. The molecule has 0 radical (unpaired) electrons. The van der Waals surface area contributed by atoms with Gasteiger partial charge in [-0.2, -0.15) is 0 Å². The molecule has 0 bridgehead atoms. The number of fused-ring (bicyclic) bond motifs is 1. The van der Waals surface area contributed by atoms with Crippen molar-refractivity contribution >= 4 is 0 Å². The molecule has 148 valence electrons. The van der Waals surface area contributed by atoms with E-state index < -0.39 is 0 Å². The quantitative estimate of drug-likeness (QED) is 0.289. The van der Waals surface area contributed by atoms with Gasteiger partial charge in [0.1, 0.15) is 0 Å². The van der Waals surface area contributed by atoms with E-state index in [9.17, 15) is 0 Å². The molecule has 0 saturated heterocycles. The molecular weight excluding hydrogens is 324 g/mol. The SMILES string of the molecule is CCCCCCCCCCCCCCCCOc1cccc2c1OCO2. The van der Waals surface area contributed by atoms with Crippen molar-refractivity contribution < 1.29 is 14.2 Å². The lowest BCUT2D eigenvalue weighted by molar-refractivity contribution is 0.169. The van der Waals surface area contributed by atoms with Gasteiger partial charge in [0.2, 0.25) is 12.5 Å². The Hall–Kier alpha value is -1.38. The zero-order valence-corrected chi connectivity index (χ0v) is 16.8. The smallest absolute Gasteiger partial charge is 0.231 e. The van der Waals surface area contributed by atoms with Crippen LogP contribution in [0.5, 0.6) is 17.2 Å². The summed E-state index contributed by atoms with van der Waals surface area (Å²) in [6.45, 7) is 3.35. The first kappa shape index (κ1) is 20.9. The molecule has 0 N–H and O–H groups in total. The van der Waals surface area contributed by atoms with Gasteiger partial charge >= 0.3 is 0 Å². The molecule has 3 heteroatoms. The van der Waals surface area contributed by atoms with Gasteiger partial charge < -0.3 is 14.2 Å². The number of para-hydroxylation sites is 1. The summed E-state index contributed by atoms with van der Waals surface area (Å²) >= 11 is 0. The fourth-order valence-corrected chi connectivity index (χ4v) is 3.50. The molecule has 0 fully saturated rings. The van der Waals surface area contributed by atoms with E-state index in [2.05, 4.69) is 6.92 Å². The van der Waals surface area contributed by atoms with Crippen LogP contribution in [0.15, 0.2) is 18.2 Å². The van der Waals surface area contributed by atoms with Gasteiger partial charge in [-0.25, -0.2) is 0 Å². The summed E-state index contributed by atoms with van der Waals surface area (Å²) in [6.07, 6.45) is 19.3. The van der Waals surface area contributed by atoms with Gasteiger partial charge in [0.15, 0.2) is 11.5 Å². The largest absolute Gasteiger partial charge is 0.490 e. The molecule has 0 amide bonds. The molecule has 0 atom stereocenters. The minimum atomic E-state index is 0.300. The highest BCUT2D eigenvalue weighted by atomic mass is 16.7. The number of unbranched alkanes of at least 4 members (excludes halogenated alkanes) is 13. The van der Waals surface area contributed by atoms with Crippen LogP contribution in [0.4, 0.5) is 0 Å². The average Bonchev–Trinajstić information content (AvgIpc) is 3.14. The van der Waals surface area contributed by atoms with Gasteiger partial charge in [0.25, 0.3) is 0 Å². The minimum absolute atomic E-state index is 0.300. The van der Waals surface area contributed by atoms with E-state index in [-0.39, 0.29) is 0 Å². The Bertz CT molecular complexity index is 473. The van der Waals surface area contributed by atoms with E-state index >= 15 is 0 Å². The summed E-state index contributed by atoms with van der Waals surface area (Å²) in [6, 6.07) is 5.83. The Balaban J connectivity index is 1.34. The lowest BCUT2D eigenvalue weighted by Gasteiger charge is -2.08. The fraction of sp³-hybridized carbons (Fsp3) is 0.739. The summed E-state index contributed by atoms with van der Waals surface area (Å²) in [4.78, 5) is 0. The molecule has 1 aliphatic rings. The van der Waals surface area contributed by atoms with Crippen molar-refractivity contribution in [3.8, 4) is 17.2 Å². The van der Waals surface area contributed by atoms with Gasteiger partial charge in [-0.1, -0.05) is 96.5 Å². The monoisotopic (exact) mass is 362 g/mol. The highest BCUT2D eigenvalue weighted by Gasteiger charge is 2.17. The Morgan fingerprint density at radius 1 is 0.731 bits per heavy atom. The summed E-state index contributed by atoms with van der Waals surface area (Å²) in [7, 11) is 0. The minimum Gasteiger partial charge on any atom is -0.490 e. The summed E-state index contributed by atoms with van der Waals surface area (Å²) in [5, 5.41) is 0. The molecule has 0 spiro atoms. The fourth-order valence-electron chi connectivity index (χ4n) is 3.50. The Kier molecular flexibility index (Phi) is 11.1. The second-order valence-corrected chi connectivity index (χ2v) is 7.43. The Morgan fingerprint density at radius 3 is 1.92 bits per heavy atom. The standard InChI is InChI=1S/C23H38O3/c1-2-3-4-5-6-7-8-9-10-11-12-13-14-15-19-24-21-17-16-18-22-23(21)26-20-25-22/h16-18H,2-15,19-20H2,1H3. The van der Waals surface area contributed by atoms with E-state index in [1.807, 2.05) is 18.2 Å². The van der Waals surface area contributed by atoms with Crippen molar-refractivity contribution in [3.63, 3.8) is 0 Å². The van der Waals surface area contributed by atoms with Crippen LogP contribution in [0.25, 0.3) is 0 Å². The molecule has 1 aromatic rings. The molecule has 0 unspecified atom stereocenters.